The topological polar surface area (TPSA) is 97.8 Å². The van der Waals surface area contributed by atoms with Crippen LogP contribution in [0.15, 0.2) is 47.8 Å². The van der Waals surface area contributed by atoms with Crippen molar-refractivity contribution < 1.29 is 23.9 Å². The number of methoxy groups -OCH3 is 2. The molecular weight excluding hydrogens is 514 g/mol. The van der Waals surface area contributed by atoms with Gasteiger partial charge in [-0.2, -0.15) is 0 Å². The van der Waals surface area contributed by atoms with Crippen LogP contribution in [-0.2, 0) is 4.79 Å². The number of aromatic nitrogens is 1. The summed E-state index contributed by atoms with van der Waals surface area (Å²) >= 11 is 7.63. The Hall–Kier alpha value is -3.43. The molecule has 37 heavy (non-hydrogen) atoms. The van der Waals surface area contributed by atoms with Crippen molar-refractivity contribution in [2.45, 2.75) is 31.6 Å². The monoisotopic (exact) mass is 541 g/mol. The molecule has 0 radical (unpaired) electrons. The highest BCUT2D eigenvalue weighted by atomic mass is 35.5. The van der Waals surface area contributed by atoms with Gasteiger partial charge in [-0.25, -0.2) is 4.98 Å². The van der Waals surface area contributed by atoms with Crippen LogP contribution in [0.4, 0.5) is 5.69 Å². The lowest BCUT2D eigenvalue weighted by atomic mass is 9.97. The number of ketones is 1. The maximum Gasteiger partial charge on any atom is 0.275 e. The van der Waals surface area contributed by atoms with E-state index in [1.165, 1.54) is 11.3 Å². The van der Waals surface area contributed by atoms with E-state index < -0.39 is 0 Å². The minimum atomic E-state index is -0.341. The molecule has 194 valence electrons. The summed E-state index contributed by atoms with van der Waals surface area (Å²) in [6, 6.07) is 11.9. The zero-order chi connectivity index (χ0) is 26.4. The van der Waals surface area contributed by atoms with Gasteiger partial charge < -0.3 is 19.7 Å². The molecule has 1 aliphatic rings. The molecule has 0 spiro atoms. The van der Waals surface area contributed by atoms with Gasteiger partial charge in [0.15, 0.2) is 5.78 Å². The zero-order valence-corrected chi connectivity index (χ0v) is 22.2. The molecule has 2 heterocycles. The molecule has 0 bridgehead atoms. The summed E-state index contributed by atoms with van der Waals surface area (Å²) in [5, 5.41) is 5.81. The van der Waals surface area contributed by atoms with Crippen LogP contribution in [0.25, 0.3) is 0 Å². The Morgan fingerprint density at radius 1 is 1.03 bits per heavy atom. The Labute approximate surface area is 224 Å². The summed E-state index contributed by atoms with van der Waals surface area (Å²) < 4.78 is 10.3. The Morgan fingerprint density at radius 3 is 2.38 bits per heavy atom. The number of halogens is 1. The molecule has 2 amide bonds. The minimum Gasteiger partial charge on any atom is -0.497 e. The van der Waals surface area contributed by atoms with E-state index in [0.717, 1.165) is 17.8 Å². The molecule has 1 saturated heterocycles. The highest BCUT2D eigenvalue weighted by molar-refractivity contribution is 7.10. The van der Waals surface area contributed by atoms with Gasteiger partial charge in [-0.05, 0) is 49.2 Å². The second-order valence-electron chi connectivity index (χ2n) is 8.68. The lowest BCUT2D eigenvalue weighted by molar-refractivity contribution is -0.132. The lowest BCUT2D eigenvalue weighted by Gasteiger charge is -2.31. The number of carbonyl (C=O) groups excluding carboxylic acids is 3. The number of benzene rings is 2. The fraction of sp³-hybridized carbons (Fsp3) is 0.333. The molecule has 0 saturated carbocycles. The number of hydrogen-bond donors (Lipinski definition) is 1. The number of piperidine rings is 1. The molecule has 0 unspecified atom stereocenters. The molecule has 2 aromatic carbocycles. The summed E-state index contributed by atoms with van der Waals surface area (Å²) in [7, 11) is 3.12. The minimum absolute atomic E-state index is 0.0188. The SMILES string of the molecule is COc1ccc(C(=O)CCC(=O)N2CCC(c3nc(C(=O)Nc4cc(OC)ccc4Cl)cs3)CC2)cc1. The van der Waals surface area contributed by atoms with E-state index in [1.54, 1.807) is 62.1 Å². The first kappa shape index (κ1) is 26.6. The Bertz CT molecular complexity index is 1270. The molecule has 0 aliphatic carbocycles. The van der Waals surface area contributed by atoms with Crippen LogP contribution in [0.2, 0.25) is 5.02 Å². The molecule has 4 rings (SSSR count). The summed E-state index contributed by atoms with van der Waals surface area (Å²) in [4.78, 5) is 44.2. The van der Waals surface area contributed by atoms with Crippen LogP contribution in [0.5, 0.6) is 11.5 Å². The van der Waals surface area contributed by atoms with Crippen LogP contribution in [0.3, 0.4) is 0 Å². The summed E-state index contributed by atoms with van der Waals surface area (Å²) in [5.41, 5.74) is 1.36. The summed E-state index contributed by atoms with van der Waals surface area (Å²) in [6.45, 7) is 1.20. The number of rotatable bonds is 9. The van der Waals surface area contributed by atoms with Crippen LogP contribution < -0.4 is 14.8 Å². The van der Waals surface area contributed by atoms with Crippen molar-refractivity contribution in [3.8, 4) is 11.5 Å². The summed E-state index contributed by atoms with van der Waals surface area (Å²) in [6.07, 6.45) is 1.88. The quantitative estimate of drug-likeness (QED) is 0.362. The highest BCUT2D eigenvalue weighted by Gasteiger charge is 2.27. The third kappa shape index (κ3) is 6.67. The van der Waals surface area contributed by atoms with Crippen molar-refractivity contribution in [2.75, 3.05) is 32.6 Å². The Morgan fingerprint density at radius 2 is 1.70 bits per heavy atom. The number of ether oxygens (including phenoxy) is 2. The van der Waals surface area contributed by atoms with Gasteiger partial charge in [0, 0.05) is 48.9 Å². The number of thiazole rings is 1. The van der Waals surface area contributed by atoms with E-state index in [0.29, 0.717) is 46.6 Å². The highest BCUT2D eigenvalue weighted by Crippen LogP contribution is 2.32. The molecule has 8 nitrogen and oxygen atoms in total. The fourth-order valence-electron chi connectivity index (χ4n) is 4.17. The molecule has 1 aromatic heterocycles. The number of nitrogens with zero attached hydrogens (tertiary/aromatic N) is 2. The van der Waals surface area contributed by atoms with Gasteiger partial charge in [-0.15, -0.1) is 11.3 Å². The first-order valence-electron chi connectivity index (χ1n) is 11.9. The van der Waals surface area contributed by atoms with E-state index in [4.69, 9.17) is 21.1 Å². The maximum atomic E-state index is 12.7. The first-order chi connectivity index (χ1) is 17.9. The number of carbonyl (C=O) groups is 3. The predicted octanol–water partition coefficient (Wildman–Crippen LogP) is 5.44. The third-order valence-corrected chi connectivity index (χ3v) is 7.69. The van der Waals surface area contributed by atoms with Crippen molar-refractivity contribution in [3.05, 3.63) is 69.1 Å². The predicted molar refractivity (Wildman–Crippen MR) is 143 cm³/mol. The number of Topliss-reactive ketones (excluding diaryl/α,β-unsaturated/α-hetero) is 1. The van der Waals surface area contributed by atoms with E-state index in [-0.39, 0.29) is 36.4 Å². The Kier molecular flexibility index (Phi) is 8.78. The van der Waals surface area contributed by atoms with Crippen molar-refractivity contribution >= 4 is 46.2 Å². The van der Waals surface area contributed by atoms with Gasteiger partial charge in [-0.1, -0.05) is 11.6 Å². The van der Waals surface area contributed by atoms with Gasteiger partial charge in [-0.3, -0.25) is 14.4 Å². The number of anilines is 1. The van der Waals surface area contributed by atoms with Crippen LogP contribution >= 0.6 is 22.9 Å². The average molecular weight is 542 g/mol. The fourth-order valence-corrected chi connectivity index (χ4v) is 5.30. The van der Waals surface area contributed by atoms with Crippen molar-refractivity contribution in [3.63, 3.8) is 0 Å². The zero-order valence-electron chi connectivity index (χ0n) is 20.7. The van der Waals surface area contributed by atoms with Crippen LogP contribution in [0, 0.1) is 0 Å². The van der Waals surface area contributed by atoms with E-state index in [2.05, 4.69) is 10.3 Å². The van der Waals surface area contributed by atoms with Crippen LogP contribution in [0.1, 0.15) is 57.5 Å². The van der Waals surface area contributed by atoms with Gasteiger partial charge in [0.05, 0.1) is 29.9 Å². The molecule has 10 heteroatoms. The standard InChI is InChI=1S/C27H28ClN3O5S/c1-35-19-5-3-17(4-6-19)24(32)9-10-25(33)31-13-11-18(12-14-31)27-30-23(16-37-27)26(34)29-22-15-20(36-2)7-8-21(22)28/h3-8,15-16,18H,9-14H2,1-2H3,(H,29,34). The Balaban J connectivity index is 1.26. The molecule has 3 aromatic rings. The van der Waals surface area contributed by atoms with Gasteiger partial charge in [0.25, 0.3) is 5.91 Å². The van der Waals surface area contributed by atoms with Gasteiger partial charge in [0.2, 0.25) is 5.91 Å². The van der Waals surface area contributed by atoms with E-state index in [1.807, 2.05) is 4.90 Å². The smallest absolute Gasteiger partial charge is 0.275 e. The number of likely N-dealkylation sites (tertiary alicyclic amines) is 1. The maximum absolute atomic E-state index is 12.7. The van der Waals surface area contributed by atoms with Crippen LogP contribution in [-0.4, -0.2) is 54.8 Å². The molecule has 1 fully saturated rings. The van der Waals surface area contributed by atoms with E-state index >= 15 is 0 Å². The number of hydrogen-bond acceptors (Lipinski definition) is 7. The molecule has 1 N–H and O–H groups in total. The van der Waals surface area contributed by atoms with E-state index in [9.17, 15) is 14.4 Å². The van der Waals surface area contributed by atoms with Crippen molar-refractivity contribution in [1.82, 2.24) is 9.88 Å². The lowest BCUT2D eigenvalue weighted by Crippen LogP contribution is -2.38. The second-order valence-corrected chi connectivity index (χ2v) is 9.97. The van der Waals surface area contributed by atoms with Crippen molar-refractivity contribution in [1.29, 1.82) is 0 Å². The largest absolute Gasteiger partial charge is 0.497 e. The summed E-state index contributed by atoms with van der Waals surface area (Å²) in [5.74, 6) is 1.03. The molecule has 1 aliphatic heterocycles. The van der Waals surface area contributed by atoms with Crippen molar-refractivity contribution in [2.24, 2.45) is 0 Å². The molecular formula is C27H28ClN3O5S. The average Bonchev–Trinajstić information content (AvgIpc) is 3.43. The number of nitrogens with one attached hydrogen (secondary N) is 1. The van der Waals surface area contributed by atoms with Gasteiger partial charge >= 0.3 is 0 Å². The van der Waals surface area contributed by atoms with Gasteiger partial charge in [0.1, 0.15) is 17.2 Å². The number of amides is 2. The normalized spacial score (nSPS) is 13.8. The second kappa shape index (κ2) is 12.2. The third-order valence-electron chi connectivity index (χ3n) is 6.35. The molecule has 0 atom stereocenters. The first-order valence-corrected chi connectivity index (χ1v) is 13.2.